The highest BCUT2D eigenvalue weighted by Gasteiger charge is 2.39. The Morgan fingerprint density at radius 3 is 2.68 bits per heavy atom. The van der Waals surface area contributed by atoms with E-state index < -0.39 is 27.9 Å². The molecular weight excluding hydrogens is 380 g/mol. The molecule has 1 aliphatic rings. The lowest BCUT2D eigenvalue weighted by atomic mass is 10.1. The maximum absolute atomic E-state index is 13.0. The van der Waals surface area contributed by atoms with Crippen LogP contribution in [0.4, 0.5) is 0 Å². The van der Waals surface area contributed by atoms with Gasteiger partial charge in [-0.15, -0.1) is 0 Å². The van der Waals surface area contributed by atoms with E-state index in [1.54, 1.807) is 36.5 Å². The van der Waals surface area contributed by atoms with E-state index in [0.29, 0.717) is 5.69 Å². The molecule has 2 amide bonds. The largest absolute Gasteiger partial charge is 0.353 e. The van der Waals surface area contributed by atoms with Crippen molar-refractivity contribution < 1.29 is 18.0 Å². The van der Waals surface area contributed by atoms with E-state index in [1.165, 1.54) is 12.1 Å². The molecule has 2 N–H and O–H groups in total. The molecule has 1 atom stereocenters. The number of benzene rings is 1. The van der Waals surface area contributed by atoms with Crippen LogP contribution in [0.15, 0.2) is 53.6 Å². The van der Waals surface area contributed by atoms with Gasteiger partial charge in [0, 0.05) is 19.3 Å². The van der Waals surface area contributed by atoms with Crippen molar-refractivity contribution in [2.75, 3.05) is 13.1 Å². The Kier molecular flexibility index (Phi) is 6.05. The van der Waals surface area contributed by atoms with Crippen LogP contribution in [-0.4, -0.2) is 48.7 Å². The molecule has 0 bridgehead atoms. The Morgan fingerprint density at radius 2 is 2.00 bits per heavy atom. The molecule has 1 aliphatic heterocycles. The van der Waals surface area contributed by atoms with Crippen molar-refractivity contribution in [1.82, 2.24) is 19.9 Å². The number of aromatic nitrogens is 1. The number of amides is 2. The number of hydrogen-bond donors (Lipinski definition) is 2. The first kappa shape index (κ1) is 20.0. The van der Waals surface area contributed by atoms with Gasteiger partial charge in [-0.3, -0.25) is 14.6 Å². The van der Waals surface area contributed by atoms with E-state index in [4.69, 9.17) is 0 Å². The summed E-state index contributed by atoms with van der Waals surface area (Å²) in [6.07, 6.45) is 1.36. The van der Waals surface area contributed by atoms with Crippen LogP contribution in [0.3, 0.4) is 0 Å². The predicted octanol–water partition coefficient (Wildman–Crippen LogP) is 0.586. The predicted molar refractivity (Wildman–Crippen MR) is 103 cm³/mol. The van der Waals surface area contributed by atoms with Gasteiger partial charge in [-0.2, -0.15) is 4.31 Å². The van der Waals surface area contributed by atoms with Crippen molar-refractivity contribution in [2.45, 2.75) is 30.8 Å². The SMILES string of the molecule is Cc1ccc(S(=O)(=O)N2CCNC(=O)[C@H]2CC(=O)NCc2ccccn2)cc1. The third-order valence-corrected chi connectivity index (χ3v) is 6.40. The number of hydrogen-bond acceptors (Lipinski definition) is 5. The van der Waals surface area contributed by atoms with Crippen LogP contribution in [0.2, 0.25) is 0 Å². The second kappa shape index (κ2) is 8.49. The van der Waals surface area contributed by atoms with Crippen LogP contribution < -0.4 is 10.6 Å². The Labute approximate surface area is 164 Å². The number of nitrogens with zero attached hydrogens (tertiary/aromatic N) is 2. The average Bonchev–Trinajstić information content (AvgIpc) is 2.69. The quantitative estimate of drug-likeness (QED) is 0.735. The van der Waals surface area contributed by atoms with Crippen molar-refractivity contribution in [1.29, 1.82) is 0 Å². The zero-order chi connectivity index (χ0) is 20.1. The van der Waals surface area contributed by atoms with Gasteiger partial charge in [0.1, 0.15) is 6.04 Å². The molecule has 0 aliphatic carbocycles. The molecule has 0 unspecified atom stereocenters. The van der Waals surface area contributed by atoms with Crippen molar-refractivity contribution in [3.8, 4) is 0 Å². The van der Waals surface area contributed by atoms with Crippen LogP contribution in [-0.2, 0) is 26.2 Å². The van der Waals surface area contributed by atoms with Gasteiger partial charge in [-0.25, -0.2) is 8.42 Å². The minimum absolute atomic E-state index is 0.103. The number of aryl methyl sites for hydroxylation is 1. The number of pyridine rings is 1. The van der Waals surface area contributed by atoms with Gasteiger partial charge >= 0.3 is 0 Å². The monoisotopic (exact) mass is 402 g/mol. The number of piperazine rings is 1. The van der Waals surface area contributed by atoms with Crippen molar-refractivity contribution in [3.05, 3.63) is 59.9 Å². The molecule has 3 rings (SSSR count). The van der Waals surface area contributed by atoms with E-state index in [2.05, 4.69) is 15.6 Å². The summed E-state index contributed by atoms with van der Waals surface area (Å²) in [5.74, 6) is -0.897. The summed E-state index contributed by atoms with van der Waals surface area (Å²) < 4.78 is 27.1. The van der Waals surface area contributed by atoms with Crippen molar-refractivity contribution >= 4 is 21.8 Å². The summed E-state index contributed by atoms with van der Waals surface area (Å²) in [6, 6.07) is 10.7. The molecule has 1 aromatic carbocycles. The maximum atomic E-state index is 13.0. The fourth-order valence-electron chi connectivity index (χ4n) is 2.96. The molecule has 1 fully saturated rings. The zero-order valence-corrected chi connectivity index (χ0v) is 16.3. The molecule has 0 spiro atoms. The van der Waals surface area contributed by atoms with Crippen molar-refractivity contribution in [3.63, 3.8) is 0 Å². The Bertz CT molecular complexity index is 946. The normalized spacial score (nSPS) is 17.8. The second-order valence-corrected chi connectivity index (χ2v) is 8.43. The first-order chi connectivity index (χ1) is 13.4. The molecule has 9 heteroatoms. The summed E-state index contributed by atoms with van der Waals surface area (Å²) in [5.41, 5.74) is 1.61. The Hall–Kier alpha value is -2.78. The van der Waals surface area contributed by atoms with Crippen LogP contribution in [0.5, 0.6) is 0 Å². The van der Waals surface area contributed by atoms with Crippen LogP contribution in [0, 0.1) is 6.92 Å². The Balaban J connectivity index is 1.74. The Morgan fingerprint density at radius 1 is 1.25 bits per heavy atom. The summed E-state index contributed by atoms with van der Waals surface area (Å²) in [5, 5.41) is 5.32. The third kappa shape index (κ3) is 4.55. The first-order valence-corrected chi connectivity index (χ1v) is 10.3. The molecule has 8 nitrogen and oxygen atoms in total. The molecule has 1 aromatic heterocycles. The standard InChI is InChI=1S/C19H22N4O4S/c1-14-5-7-16(8-6-14)28(26,27)23-11-10-21-19(25)17(23)12-18(24)22-13-15-4-2-3-9-20-15/h2-9,17H,10-13H2,1H3,(H,21,25)(H,22,24)/t17-/m1/s1. The van der Waals surface area contributed by atoms with Gasteiger partial charge in [-0.05, 0) is 31.2 Å². The van der Waals surface area contributed by atoms with Gasteiger partial charge in [0.15, 0.2) is 0 Å². The van der Waals surface area contributed by atoms with Gasteiger partial charge in [0.25, 0.3) is 0 Å². The van der Waals surface area contributed by atoms with Crippen molar-refractivity contribution in [2.24, 2.45) is 0 Å². The van der Waals surface area contributed by atoms with Crippen LogP contribution >= 0.6 is 0 Å². The minimum Gasteiger partial charge on any atom is -0.353 e. The van der Waals surface area contributed by atoms with E-state index >= 15 is 0 Å². The zero-order valence-electron chi connectivity index (χ0n) is 15.5. The fourth-order valence-corrected chi connectivity index (χ4v) is 4.55. The second-order valence-electron chi connectivity index (χ2n) is 6.54. The topological polar surface area (TPSA) is 108 Å². The first-order valence-electron chi connectivity index (χ1n) is 8.91. The highest BCUT2D eigenvalue weighted by Crippen LogP contribution is 2.22. The summed E-state index contributed by atoms with van der Waals surface area (Å²) in [7, 11) is -3.89. The van der Waals surface area contributed by atoms with Gasteiger partial charge in [0.2, 0.25) is 21.8 Å². The van der Waals surface area contributed by atoms with Crippen LogP contribution in [0.25, 0.3) is 0 Å². The highest BCUT2D eigenvalue weighted by molar-refractivity contribution is 7.89. The number of carbonyl (C=O) groups excluding carboxylic acids is 2. The minimum atomic E-state index is -3.89. The molecule has 1 saturated heterocycles. The fraction of sp³-hybridized carbons (Fsp3) is 0.316. The molecule has 2 aromatic rings. The summed E-state index contributed by atoms with van der Waals surface area (Å²) >= 11 is 0. The average molecular weight is 402 g/mol. The molecule has 0 saturated carbocycles. The van der Waals surface area contributed by atoms with Gasteiger partial charge in [-0.1, -0.05) is 23.8 Å². The van der Waals surface area contributed by atoms with Crippen LogP contribution in [0.1, 0.15) is 17.7 Å². The summed E-state index contributed by atoms with van der Waals surface area (Å²) in [4.78, 5) is 28.9. The lowest BCUT2D eigenvalue weighted by molar-refractivity contribution is -0.131. The lowest BCUT2D eigenvalue weighted by Gasteiger charge is -2.33. The van der Waals surface area contributed by atoms with Gasteiger partial charge < -0.3 is 10.6 Å². The van der Waals surface area contributed by atoms with E-state index in [0.717, 1.165) is 9.87 Å². The van der Waals surface area contributed by atoms with E-state index in [-0.39, 0.29) is 31.0 Å². The number of sulfonamides is 1. The molecule has 2 heterocycles. The van der Waals surface area contributed by atoms with E-state index in [1.807, 2.05) is 6.92 Å². The number of rotatable bonds is 6. The smallest absolute Gasteiger partial charge is 0.243 e. The molecule has 148 valence electrons. The van der Waals surface area contributed by atoms with Gasteiger partial charge in [0.05, 0.1) is 23.6 Å². The summed E-state index contributed by atoms with van der Waals surface area (Å²) in [6.45, 7) is 2.38. The molecule has 28 heavy (non-hydrogen) atoms. The molecule has 0 radical (unpaired) electrons. The third-order valence-electron chi connectivity index (χ3n) is 4.48. The van der Waals surface area contributed by atoms with E-state index in [9.17, 15) is 18.0 Å². The maximum Gasteiger partial charge on any atom is 0.243 e. The number of nitrogens with one attached hydrogen (secondary N) is 2. The number of carbonyl (C=O) groups is 2. The molecular formula is C19H22N4O4S. The highest BCUT2D eigenvalue weighted by atomic mass is 32.2. The lowest BCUT2D eigenvalue weighted by Crippen LogP contribution is -2.58.